The summed E-state index contributed by atoms with van der Waals surface area (Å²) in [6.45, 7) is 4.90. The van der Waals surface area contributed by atoms with Crippen LogP contribution in [0.5, 0.6) is 0 Å². The molecule has 5 nitrogen and oxygen atoms in total. The van der Waals surface area contributed by atoms with Gasteiger partial charge in [-0.15, -0.1) is 0 Å². The van der Waals surface area contributed by atoms with Crippen molar-refractivity contribution in [1.29, 1.82) is 0 Å². The lowest BCUT2D eigenvalue weighted by Crippen LogP contribution is -2.51. The summed E-state index contributed by atoms with van der Waals surface area (Å²) in [7, 11) is -3.46. The molecule has 1 atom stereocenters. The number of hydrogen-bond acceptors (Lipinski definition) is 4. The lowest BCUT2D eigenvalue weighted by atomic mass is 10.2. The van der Waals surface area contributed by atoms with E-state index in [0.717, 1.165) is 29.5 Å². The third-order valence-electron chi connectivity index (χ3n) is 4.46. The summed E-state index contributed by atoms with van der Waals surface area (Å²) in [6, 6.07) is 3.71. The molecule has 0 saturated carbocycles. The average molecular weight is 374 g/mol. The fourth-order valence-electron chi connectivity index (χ4n) is 3.27. The van der Waals surface area contributed by atoms with E-state index in [1.165, 1.54) is 6.42 Å². The number of fused-ring (bicyclic) bond motifs is 1. The van der Waals surface area contributed by atoms with E-state index in [2.05, 4.69) is 20.8 Å². The first-order chi connectivity index (χ1) is 9.89. The van der Waals surface area contributed by atoms with Crippen molar-refractivity contribution >= 4 is 31.6 Å². The van der Waals surface area contributed by atoms with Gasteiger partial charge in [0.1, 0.15) is 0 Å². The highest BCUT2D eigenvalue weighted by molar-refractivity contribution is 9.10. The van der Waals surface area contributed by atoms with Gasteiger partial charge in [0.25, 0.3) is 0 Å². The molecule has 2 aliphatic heterocycles. The molecule has 0 aliphatic carbocycles. The molecule has 1 unspecified atom stereocenters. The number of halogens is 1. The molecule has 3 rings (SSSR count). The summed E-state index contributed by atoms with van der Waals surface area (Å²) in [5.41, 5.74) is 7.05. The molecule has 2 fully saturated rings. The summed E-state index contributed by atoms with van der Waals surface area (Å²) >= 11 is 3.34. The van der Waals surface area contributed by atoms with Gasteiger partial charge in [0.05, 0.1) is 4.90 Å². The molecule has 1 aromatic rings. The Morgan fingerprint density at radius 1 is 1.29 bits per heavy atom. The first kappa shape index (κ1) is 15.3. The summed E-state index contributed by atoms with van der Waals surface area (Å²) in [6.07, 6.45) is 2.26. The summed E-state index contributed by atoms with van der Waals surface area (Å²) in [5.74, 6) is 0. The van der Waals surface area contributed by atoms with Crippen molar-refractivity contribution in [2.45, 2.75) is 30.7 Å². The van der Waals surface area contributed by atoms with Crippen LogP contribution in [0.15, 0.2) is 21.5 Å². The summed E-state index contributed by atoms with van der Waals surface area (Å²) < 4.78 is 28.1. The number of benzene rings is 1. The van der Waals surface area contributed by atoms with Gasteiger partial charge in [0, 0.05) is 35.8 Å². The van der Waals surface area contributed by atoms with E-state index in [-0.39, 0.29) is 0 Å². The second-order valence-electron chi connectivity index (χ2n) is 5.83. The van der Waals surface area contributed by atoms with Crippen molar-refractivity contribution in [3.05, 3.63) is 22.2 Å². The Morgan fingerprint density at radius 3 is 2.81 bits per heavy atom. The Kier molecular flexibility index (Phi) is 4.02. The number of rotatable bonds is 2. The van der Waals surface area contributed by atoms with Crippen LogP contribution in [-0.2, 0) is 10.0 Å². The third kappa shape index (κ3) is 2.72. The molecule has 116 valence electrons. The minimum Gasteiger partial charge on any atom is -0.398 e. The fourth-order valence-corrected chi connectivity index (χ4v) is 5.43. The zero-order chi connectivity index (χ0) is 15.2. The molecule has 0 bridgehead atoms. The van der Waals surface area contributed by atoms with Crippen LogP contribution in [0.2, 0.25) is 0 Å². The summed E-state index contributed by atoms with van der Waals surface area (Å²) in [4.78, 5) is 2.73. The second-order valence-corrected chi connectivity index (χ2v) is 8.59. The molecule has 7 heteroatoms. The molecular formula is C14H20BrN3O2S. The molecule has 1 aromatic carbocycles. The van der Waals surface area contributed by atoms with Gasteiger partial charge in [-0.05, 0) is 59.9 Å². The molecule has 0 spiro atoms. The largest absolute Gasteiger partial charge is 0.398 e. The highest BCUT2D eigenvalue weighted by Gasteiger charge is 2.36. The van der Waals surface area contributed by atoms with Crippen LogP contribution in [0.25, 0.3) is 0 Å². The molecule has 0 aromatic heterocycles. The topological polar surface area (TPSA) is 66.6 Å². The first-order valence-electron chi connectivity index (χ1n) is 7.19. The van der Waals surface area contributed by atoms with Gasteiger partial charge in [0.15, 0.2) is 0 Å². The van der Waals surface area contributed by atoms with Gasteiger partial charge in [-0.3, -0.25) is 4.90 Å². The van der Waals surface area contributed by atoms with Gasteiger partial charge in [-0.2, -0.15) is 4.31 Å². The molecule has 2 heterocycles. The third-order valence-corrected chi connectivity index (χ3v) is 7.16. The van der Waals surface area contributed by atoms with Crippen molar-refractivity contribution in [2.75, 3.05) is 31.9 Å². The molecule has 21 heavy (non-hydrogen) atoms. The quantitative estimate of drug-likeness (QED) is 0.802. The zero-order valence-corrected chi connectivity index (χ0v) is 14.5. The van der Waals surface area contributed by atoms with Crippen LogP contribution in [-0.4, -0.2) is 49.8 Å². The van der Waals surface area contributed by atoms with Gasteiger partial charge in [-0.1, -0.05) is 0 Å². The number of nitrogen functional groups attached to an aromatic ring is 1. The zero-order valence-electron chi connectivity index (χ0n) is 12.0. The van der Waals surface area contributed by atoms with Gasteiger partial charge < -0.3 is 5.73 Å². The van der Waals surface area contributed by atoms with Crippen LogP contribution in [0, 0.1) is 6.92 Å². The van der Waals surface area contributed by atoms with E-state index < -0.39 is 10.0 Å². The molecular weight excluding hydrogens is 354 g/mol. The lowest BCUT2D eigenvalue weighted by Gasteiger charge is -2.36. The number of nitrogens with zero attached hydrogens (tertiary/aromatic N) is 2. The number of sulfonamides is 1. The summed E-state index contributed by atoms with van der Waals surface area (Å²) in [5, 5.41) is 0. The Bertz CT molecular complexity index is 662. The van der Waals surface area contributed by atoms with Gasteiger partial charge >= 0.3 is 0 Å². The molecule has 2 saturated heterocycles. The smallest absolute Gasteiger partial charge is 0.243 e. The molecule has 0 radical (unpaired) electrons. The predicted octanol–water partition coefficient (Wildman–Crippen LogP) is 1.81. The normalized spacial score (nSPS) is 24.2. The van der Waals surface area contributed by atoms with Crippen molar-refractivity contribution in [2.24, 2.45) is 0 Å². The second kappa shape index (κ2) is 5.53. The van der Waals surface area contributed by atoms with E-state index in [0.29, 0.717) is 29.7 Å². The van der Waals surface area contributed by atoms with Crippen LogP contribution in [0.4, 0.5) is 5.69 Å². The monoisotopic (exact) mass is 373 g/mol. The Morgan fingerprint density at radius 2 is 2.05 bits per heavy atom. The maximum absolute atomic E-state index is 12.9. The van der Waals surface area contributed by atoms with Crippen LogP contribution < -0.4 is 5.73 Å². The van der Waals surface area contributed by atoms with Crippen molar-refractivity contribution in [1.82, 2.24) is 9.21 Å². The first-order valence-corrected chi connectivity index (χ1v) is 9.43. The van der Waals surface area contributed by atoms with Gasteiger partial charge in [0.2, 0.25) is 10.0 Å². The maximum atomic E-state index is 12.9. The number of nitrogens with two attached hydrogens (primary N) is 1. The molecule has 0 amide bonds. The Hall–Kier alpha value is -0.630. The standard InChI is InChI=1S/C14H20BrN3O2S/c1-10-7-12(15)13(16)8-14(10)21(19,20)18-6-5-17-4-2-3-11(17)9-18/h7-8,11H,2-6,9,16H2,1H3. The van der Waals surface area contributed by atoms with Gasteiger partial charge in [-0.25, -0.2) is 8.42 Å². The number of aryl methyl sites for hydroxylation is 1. The predicted molar refractivity (Wildman–Crippen MR) is 86.6 cm³/mol. The maximum Gasteiger partial charge on any atom is 0.243 e. The number of piperazine rings is 1. The van der Waals surface area contributed by atoms with E-state index in [1.54, 1.807) is 16.4 Å². The van der Waals surface area contributed by atoms with Crippen molar-refractivity contribution < 1.29 is 8.42 Å². The molecule has 2 aliphatic rings. The number of anilines is 1. The average Bonchev–Trinajstić information content (AvgIpc) is 2.90. The Balaban J connectivity index is 1.92. The van der Waals surface area contributed by atoms with Crippen LogP contribution in [0.1, 0.15) is 18.4 Å². The van der Waals surface area contributed by atoms with Crippen molar-refractivity contribution in [3.63, 3.8) is 0 Å². The minimum atomic E-state index is -3.46. The number of hydrogen-bond donors (Lipinski definition) is 1. The highest BCUT2D eigenvalue weighted by Crippen LogP contribution is 2.31. The SMILES string of the molecule is Cc1cc(Br)c(N)cc1S(=O)(=O)N1CCN2CCCC2C1. The van der Waals surface area contributed by atoms with Crippen LogP contribution >= 0.6 is 15.9 Å². The Labute approximate surface area is 134 Å². The van der Waals surface area contributed by atoms with E-state index in [4.69, 9.17) is 5.73 Å². The molecule has 2 N–H and O–H groups in total. The minimum absolute atomic E-state index is 0.328. The van der Waals surface area contributed by atoms with E-state index in [9.17, 15) is 8.42 Å². The van der Waals surface area contributed by atoms with Crippen molar-refractivity contribution in [3.8, 4) is 0 Å². The van der Waals surface area contributed by atoms with Crippen LogP contribution in [0.3, 0.4) is 0 Å². The lowest BCUT2D eigenvalue weighted by molar-refractivity contribution is 0.158. The highest BCUT2D eigenvalue weighted by atomic mass is 79.9. The van der Waals surface area contributed by atoms with E-state index in [1.807, 2.05) is 6.92 Å². The van der Waals surface area contributed by atoms with E-state index >= 15 is 0 Å². The fraction of sp³-hybridized carbons (Fsp3) is 0.571.